The lowest BCUT2D eigenvalue weighted by Gasteiger charge is -2.37. The Morgan fingerprint density at radius 3 is 2.63 bits per heavy atom. The highest BCUT2D eigenvalue weighted by molar-refractivity contribution is 5.95. The Labute approximate surface area is 177 Å². The first kappa shape index (κ1) is 20.2. The topological polar surface area (TPSA) is 78.4 Å². The highest BCUT2D eigenvalue weighted by Crippen LogP contribution is 2.50. The molecule has 1 amide bonds. The maximum atomic E-state index is 12.4. The summed E-state index contributed by atoms with van der Waals surface area (Å²) in [5, 5.41) is 15.1. The Bertz CT molecular complexity index is 978. The van der Waals surface area contributed by atoms with Crippen LogP contribution in [0.15, 0.2) is 54.6 Å². The van der Waals surface area contributed by atoms with Gasteiger partial charge < -0.3 is 15.7 Å². The molecule has 5 heteroatoms. The lowest BCUT2D eigenvalue weighted by atomic mass is 9.76. The van der Waals surface area contributed by atoms with Gasteiger partial charge in [-0.15, -0.1) is 0 Å². The van der Waals surface area contributed by atoms with Gasteiger partial charge in [0.15, 0.2) is 0 Å². The quantitative estimate of drug-likeness (QED) is 0.602. The molecule has 2 aliphatic rings. The molecule has 2 aromatic carbocycles. The number of benzene rings is 2. The van der Waals surface area contributed by atoms with Crippen molar-refractivity contribution in [2.24, 2.45) is 5.92 Å². The average Bonchev–Trinajstić information content (AvgIpc) is 3.23. The molecule has 1 aliphatic carbocycles. The molecule has 1 heterocycles. The first-order chi connectivity index (χ1) is 14.4. The van der Waals surface area contributed by atoms with Crippen LogP contribution in [0.5, 0.6) is 0 Å². The highest BCUT2D eigenvalue weighted by Gasteiger charge is 2.38. The third kappa shape index (κ3) is 3.97. The van der Waals surface area contributed by atoms with Crippen molar-refractivity contribution in [1.82, 2.24) is 5.32 Å². The maximum absolute atomic E-state index is 12.4. The number of hydrogen-bond acceptors (Lipinski definition) is 3. The van der Waals surface area contributed by atoms with Crippen molar-refractivity contribution in [1.29, 1.82) is 0 Å². The van der Waals surface area contributed by atoms with Gasteiger partial charge in [0, 0.05) is 23.7 Å². The zero-order chi connectivity index (χ0) is 21.3. The Balaban J connectivity index is 1.57. The smallest absolute Gasteiger partial charge is 0.305 e. The highest BCUT2D eigenvalue weighted by atomic mass is 16.4. The number of carboxylic acid groups (broad SMARTS) is 1. The monoisotopic (exact) mass is 404 g/mol. The fraction of sp³-hybridized carbons (Fsp3) is 0.360. The van der Waals surface area contributed by atoms with Crippen molar-refractivity contribution in [2.75, 3.05) is 11.9 Å². The van der Waals surface area contributed by atoms with Crippen LogP contribution in [0.1, 0.15) is 71.6 Å². The van der Waals surface area contributed by atoms with Crippen molar-refractivity contribution in [3.63, 3.8) is 0 Å². The van der Waals surface area contributed by atoms with Crippen LogP contribution in [-0.4, -0.2) is 23.5 Å². The molecule has 2 aromatic rings. The molecule has 3 atom stereocenters. The van der Waals surface area contributed by atoms with Crippen molar-refractivity contribution in [2.45, 2.75) is 44.6 Å². The summed E-state index contributed by atoms with van der Waals surface area (Å²) in [7, 11) is 0. The summed E-state index contributed by atoms with van der Waals surface area (Å²) < 4.78 is 0. The number of amides is 1. The summed E-state index contributed by atoms with van der Waals surface area (Å²) in [5.41, 5.74) is 5.39. The molecule has 30 heavy (non-hydrogen) atoms. The molecule has 0 spiro atoms. The molecule has 0 radical (unpaired) electrons. The number of aliphatic carboxylic acids is 1. The normalized spacial score (nSPS) is 21.6. The summed E-state index contributed by atoms with van der Waals surface area (Å²) in [5.74, 6) is 0.0379. The van der Waals surface area contributed by atoms with E-state index in [0.29, 0.717) is 17.4 Å². The van der Waals surface area contributed by atoms with Crippen LogP contribution in [0.2, 0.25) is 0 Å². The third-order valence-electron chi connectivity index (χ3n) is 6.21. The van der Waals surface area contributed by atoms with E-state index in [4.69, 9.17) is 5.11 Å². The van der Waals surface area contributed by atoms with Crippen LogP contribution in [0.3, 0.4) is 0 Å². The van der Waals surface area contributed by atoms with E-state index < -0.39 is 5.97 Å². The summed E-state index contributed by atoms with van der Waals surface area (Å²) in [6.45, 7) is 4.54. The molecule has 156 valence electrons. The number of fused-ring (bicyclic) bond motifs is 3. The second-order valence-electron chi connectivity index (χ2n) is 8.50. The Kier molecular flexibility index (Phi) is 5.62. The minimum Gasteiger partial charge on any atom is -0.481 e. The van der Waals surface area contributed by atoms with Gasteiger partial charge >= 0.3 is 5.97 Å². The number of hydrogen-bond donors (Lipinski definition) is 3. The predicted octanol–water partition coefficient (Wildman–Crippen LogP) is 4.84. The van der Waals surface area contributed by atoms with Crippen LogP contribution in [-0.2, 0) is 4.79 Å². The standard InChI is InChI=1S/C25H28N2O3/c1-15(2)16-6-8-17(9-7-16)24-20-5-3-4-19(20)21-14-18(10-11-22(21)27-24)25(30)26-13-12-23(28)29/h3-4,6-11,14-15,19-20,24,27H,5,12-13H2,1-2H3,(H,26,30)(H,28,29)/t19-,20-,24+/m1/s1. The van der Waals surface area contributed by atoms with Gasteiger partial charge in [0.25, 0.3) is 5.91 Å². The first-order valence-electron chi connectivity index (χ1n) is 10.6. The van der Waals surface area contributed by atoms with Crippen molar-refractivity contribution in [3.05, 3.63) is 76.9 Å². The number of carbonyl (C=O) groups excluding carboxylic acids is 1. The minimum atomic E-state index is -0.920. The van der Waals surface area contributed by atoms with Crippen LogP contribution in [0.25, 0.3) is 0 Å². The van der Waals surface area contributed by atoms with Gasteiger partial charge in [0.05, 0.1) is 12.5 Å². The van der Waals surface area contributed by atoms with Gasteiger partial charge in [-0.25, -0.2) is 0 Å². The van der Waals surface area contributed by atoms with E-state index in [2.05, 4.69) is 60.9 Å². The molecular formula is C25H28N2O3. The lowest BCUT2D eigenvalue weighted by molar-refractivity contribution is -0.136. The van der Waals surface area contributed by atoms with Gasteiger partial charge in [-0.3, -0.25) is 9.59 Å². The van der Waals surface area contributed by atoms with E-state index in [1.54, 1.807) is 6.07 Å². The van der Waals surface area contributed by atoms with Gasteiger partial charge in [0.1, 0.15) is 0 Å². The second-order valence-corrected chi connectivity index (χ2v) is 8.50. The molecule has 5 nitrogen and oxygen atoms in total. The Hall–Kier alpha value is -3.08. The largest absolute Gasteiger partial charge is 0.481 e. The molecule has 4 rings (SSSR count). The molecular weight excluding hydrogens is 376 g/mol. The molecule has 0 saturated carbocycles. The molecule has 1 aliphatic heterocycles. The van der Waals surface area contributed by atoms with Crippen molar-refractivity contribution in [3.8, 4) is 0 Å². The van der Waals surface area contributed by atoms with Gasteiger partial charge in [0.2, 0.25) is 0 Å². The molecule has 0 unspecified atom stereocenters. The minimum absolute atomic E-state index is 0.0804. The summed E-state index contributed by atoms with van der Waals surface area (Å²) in [6.07, 6.45) is 5.42. The molecule has 0 fully saturated rings. The number of anilines is 1. The number of carboxylic acids is 1. The van der Waals surface area contributed by atoms with E-state index in [9.17, 15) is 9.59 Å². The van der Waals surface area contributed by atoms with E-state index in [0.717, 1.165) is 17.7 Å². The molecule has 0 aromatic heterocycles. The maximum Gasteiger partial charge on any atom is 0.305 e. The predicted molar refractivity (Wildman–Crippen MR) is 118 cm³/mol. The summed E-state index contributed by atoms with van der Waals surface area (Å²) in [6, 6.07) is 14.9. The zero-order valence-corrected chi connectivity index (χ0v) is 17.4. The van der Waals surface area contributed by atoms with E-state index >= 15 is 0 Å². The number of rotatable bonds is 6. The molecule has 0 saturated heterocycles. The Morgan fingerprint density at radius 1 is 1.17 bits per heavy atom. The zero-order valence-electron chi connectivity index (χ0n) is 17.4. The second kappa shape index (κ2) is 8.34. The lowest BCUT2D eigenvalue weighted by Crippen LogP contribution is -2.30. The SMILES string of the molecule is CC(C)c1ccc([C@@H]2Nc3ccc(C(=O)NCCC(=O)O)cc3[C@@H]3C=CC[C@H]32)cc1. The number of allylic oxidation sites excluding steroid dienone is 2. The first-order valence-corrected chi connectivity index (χ1v) is 10.6. The third-order valence-corrected chi connectivity index (χ3v) is 6.21. The van der Waals surface area contributed by atoms with Gasteiger partial charge in [-0.2, -0.15) is 0 Å². The fourth-order valence-corrected chi connectivity index (χ4v) is 4.54. The van der Waals surface area contributed by atoms with E-state index in [-0.39, 0.29) is 30.8 Å². The average molecular weight is 405 g/mol. The van der Waals surface area contributed by atoms with Gasteiger partial charge in [-0.05, 0) is 53.1 Å². The summed E-state index contributed by atoms with van der Waals surface area (Å²) in [4.78, 5) is 23.1. The summed E-state index contributed by atoms with van der Waals surface area (Å²) >= 11 is 0. The van der Waals surface area contributed by atoms with E-state index in [1.807, 2.05) is 12.1 Å². The van der Waals surface area contributed by atoms with Crippen LogP contribution in [0.4, 0.5) is 5.69 Å². The molecule has 0 bridgehead atoms. The Morgan fingerprint density at radius 2 is 1.93 bits per heavy atom. The fourth-order valence-electron chi connectivity index (χ4n) is 4.54. The van der Waals surface area contributed by atoms with Crippen molar-refractivity contribution < 1.29 is 14.7 Å². The van der Waals surface area contributed by atoms with E-state index in [1.165, 1.54) is 11.1 Å². The number of nitrogens with one attached hydrogen (secondary N) is 2. The van der Waals surface area contributed by atoms with Gasteiger partial charge in [-0.1, -0.05) is 50.3 Å². The number of carbonyl (C=O) groups is 2. The van der Waals surface area contributed by atoms with Crippen LogP contribution < -0.4 is 10.6 Å². The van der Waals surface area contributed by atoms with Crippen molar-refractivity contribution >= 4 is 17.6 Å². The van der Waals surface area contributed by atoms with Crippen LogP contribution >= 0.6 is 0 Å². The molecule has 3 N–H and O–H groups in total. The van der Waals surface area contributed by atoms with Crippen LogP contribution in [0, 0.1) is 5.92 Å².